The third kappa shape index (κ3) is 4.55. The van der Waals surface area contributed by atoms with Crippen LogP contribution < -0.4 is 5.32 Å². The molecule has 0 spiro atoms. The van der Waals surface area contributed by atoms with Crippen LogP contribution in [0.25, 0.3) is 11.8 Å². The SMILES string of the molecule is Cc1c(C(C)NC(=O)/C=C/c2ccccc2[N+](=O)[O-])cnn1-c1ccc(F)cc1. The molecule has 3 aromatic rings. The van der Waals surface area contributed by atoms with Crippen molar-refractivity contribution in [1.82, 2.24) is 15.1 Å². The lowest BCUT2D eigenvalue weighted by Gasteiger charge is -2.13. The predicted octanol–water partition coefficient (Wildman–Crippen LogP) is 4.12. The van der Waals surface area contributed by atoms with Crippen LogP contribution >= 0.6 is 0 Å². The molecule has 1 atom stereocenters. The summed E-state index contributed by atoms with van der Waals surface area (Å²) in [6, 6.07) is 11.8. The Morgan fingerprint density at radius 2 is 1.93 bits per heavy atom. The summed E-state index contributed by atoms with van der Waals surface area (Å²) in [6.45, 7) is 3.67. The number of hydrogen-bond donors (Lipinski definition) is 1. The zero-order valence-electron chi connectivity index (χ0n) is 15.9. The van der Waals surface area contributed by atoms with Gasteiger partial charge in [-0.1, -0.05) is 12.1 Å². The molecule has 0 aliphatic heterocycles. The standard InChI is InChI=1S/C21H19FN4O3/c1-14(19-13-23-25(15(19)2)18-10-8-17(22)9-11-18)24-21(27)12-7-16-5-3-4-6-20(16)26(28)29/h3-14H,1-2H3,(H,24,27)/b12-7+. The first kappa shape index (κ1) is 19.9. The Kier molecular flexibility index (Phi) is 5.82. The van der Waals surface area contributed by atoms with E-state index in [-0.39, 0.29) is 23.5 Å². The molecule has 0 fully saturated rings. The van der Waals surface area contributed by atoms with Crippen molar-refractivity contribution >= 4 is 17.7 Å². The van der Waals surface area contributed by atoms with Gasteiger partial charge >= 0.3 is 0 Å². The first-order valence-corrected chi connectivity index (χ1v) is 8.89. The second-order valence-electron chi connectivity index (χ2n) is 6.45. The van der Waals surface area contributed by atoms with E-state index in [0.717, 1.165) is 11.3 Å². The summed E-state index contributed by atoms with van der Waals surface area (Å²) >= 11 is 0. The number of nitrogens with one attached hydrogen (secondary N) is 1. The van der Waals surface area contributed by atoms with Crippen molar-refractivity contribution in [3.63, 3.8) is 0 Å². The first-order chi connectivity index (χ1) is 13.9. The van der Waals surface area contributed by atoms with Crippen LogP contribution in [0.1, 0.15) is 29.8 Å². The molecule has 3 rings (SSSR count). The molecule has 1 N–H and O–H groups in total. The molecule has 1 aromatic heterocycles. The van der Waals surface area contributed by atoms with Gasteiger partial charge in [0.05, 0.1) is 28.4 Å². The van der Waals surface area contributed by atoms with E-state index in [4.69, 9.17) is 0 Å². The normalized spacial score (nSPS) is 12.1. The molecule has 2 aromatic carbocycles. The smallest absolute Gasteiger partial charge is 0.276 e. The average molecular weight is 394 g/mol. The number of aromatic nitrogens is 2. The Hall–Kier alpha value is -3.81. The molecule has 7 nitrogen and oxygen atoms in total. The Balaban J connectivity index is 1.72. The number of nitro benzene ring substituents is 1. The minimum Gasteiger partial charge on any atom is -0.346 e. The molecular formula is C21H19FN4O3. The van der Waals surface area contributed by atoms with E-state index in [1.807, 2.05) is 13.8 Å². The Morgan fingerprint density at radius 1 is 1.24 bits per heavy atom. The molecule has 1 amide bonds. The van der Waals surface area contributed by atoms with Gasteiger partial charge in [0, 0.05) is 23.4 Å². The van der Waals surface area contributed by atoms with E-state index in [1.165, 1.54) is 30.4 Å². The van der Waals surface area contributed by atoms with Gasteiger partial charge in [-0.2, -0.15) is 5.10 Å². The molecular weight excluding hydrogens is 375 g/mol. The van der Waals surface area contributed by atoms with Gasteiger partial charge in [-0.15, -0.1) is 0 Å². The largest absolute Gasteiger partial charge is 0.346 e. The molecule has 0 saturated carbocycles. The summed E-state index contributed by atoms with van der Waals surface area (Å²) in [5.74, 6) is -0.713. The highest BCUT2D eigenvalue weighted by Gasteiger charge is 2.16. The topological polar surface area (TPSA) is 90.1 Å². The molecule has 0 bridgehead atoms. The van der Waals surface area contributed by atoms with Crippen molar-refractivity contribution in [3.05, 3.63) is 93.6 Å². The number of benzene rings is 2. The van der Waals surface area contributed by atoms with E-state index in [2.05, 4.69) is 10.4 Å². The molecule has 148 valence electrons. The van der Waals surface area contributed by atoms with Crippen molar-refractivity contribution in [2.24, 2.45) is 0 Å². The van der Waals surface area contributed by atoms with E-state index in [1.54, 1.807) is 41.2 Å². The zero-order chi connectivity index (χ0) is 21.0. The van der Waals surface area contributed by atoms with Gasteiger partial charge in [0.2, 0.25) is 5.91 Å². The number of nitrogens with zero attached hydrogens (tertiary/aromatic N) is 3. The molecule has 0 saturated heterocycles. The lowest BCUT2D eigenvalue weighted by molar-refractivity contribution is -0.385. The van der Waals surface area contributed by atoms with Gasteiger partial charge in [-0.3, -0.25) is 14.9 Å². The van der Waals surface area contributed by atoms with Crippen LogP contribution in [-0.2, 0) is 4.79 Å². The average Bonchev–Trinajstić information content (AvgIpc) is 3.08. The highest BCUT2D eigenvalue weighted by Crippen LogP contribution is 2.21. The minimum absolute atomic E-state index is 0.0685. The molecule has 8 heteroatoms. The van der Waals surface area contributed by atoms with Crippen LogP contribution in [0.2, 0.25) is 0 Å². The third-order valence-corrected chi connectivity index (χ3v) is 4.49. The Bertz CT molecular complexity index is 1070. The molecule has 0 aliphatic carbocycles. The lowest BCUT2D eigenvalue weighted by atomic mass is 10.1. The number of rotatable bonds is 6. The van der Waals surface area contributed by atoms with Crippen LogP contribution in [0.5, 0.6) is 0 Å². The predicted molar refractivity (Wildman–Crippen MR) is 107 cm³/mol. The van der Waals surface area contributed by atoms with Crippen LogP contribution in [-0.4, -0.2) is 20.6 Å². The fourth-order valence-electron chi connectivity index (χ4n) is 2.99. The third-order valence-electron chi connectivity index (χ3n) is 4.49. The second-order valence-corrected chi connectivity index (χ2v) is 6.45. The number of amides is 1. The molecule has 1 heterocycles. The molecule has 1 unspecified atom stereocenters. The van der Waals surface area contributed by atoms with Crippen molar-refractivity contribution in [2.45, 2.75) is 19.9 Å². The number of halogens is 1. The van der Waals surface area contributed by atoms with Gasteiger partial charge in [0.25, 0.3) is 5.69 Å². The Labute approximate surface area is 166 Å². The maximum atomic E-state index is 13.1. The number of para-hydroxylation sites is 1. The fraction of sp³-hybridized carbons (Fsp3) is 0.143. The van der Waals surface area contributed by atoms with Gasteiger partial charge in [0.1, 0.15) is 5.82 Å². The van der Waals surface area contributed by atoms with E-state index in [9.17, 15) is 19.3 Å². The molecule has 0 radical (unpaired) electrons. The summed E-state index contributed by atoms with van der Waals surface area (Å²) < 4.78 is 14.8. The van der Waals surface area contributed by atoms with Crippen molar-refractivity contribution < 1.29 is 14.1 Å². The van der Waals surface area contributed by atoms with E-state index < -0.39 is 4.92 Å². The van der Waals surface area contributed by atoms with Crippen LogP contribution in [0.15, 0.2) is 60.8 Å². The van der Waals surface area contributed by atoms with Gasteiger partial charge in [0.15, 0.2) is 0 Å². The van der Waals surface area contributed by atoms with E-state index in [0.29, 0.717) is 11.3 Å². The van der Waals surface area contributed by atoms with Crippen LogP contribution in [0.3, 0.4) is 0 Å². The Morgan fingerprint density at radius 3 is 2.62 bits per heavy atom. The van der Waals surface area contributed by atoms with Crippen LogP contribution in [0, 0.1) is 22.9 Å². The summed E-state index contributed by atoms with van der Waals surface area (Å²) in [6.07, 6.45) is 4.32. The van der Waals surface area contributed by atoms with Crippen molar-refractivity contribution in [1.29, 1.82) is 0 Å². The van der Waals surface area contributed by atoms with Gasteiger partial charge in [-0.05, 0) is 50.3 Å². The maximum Gasteiger partial charge on any atom is 0.276 e. The summed E-state index contributed by atoms with van der Waals surface area (Å²) in [5, 5.41) is 18.2. The lowest BCUT2D eigenvalue weighted by Crippen LogP contribution is -2.25. The molecule has 29 heavy (non-hydrogen) atoms. The van der Waals surface area contributed by atoms with E-state index >= 15 is 0 Å². The number of carbonyl (C=O) groups is 1. The first-order valence-electron chi connectivity index (χ1n) is 8.89. The highest BCUT2D eigenvalue weighted by atomic mass is 19.1. The maximum absolute atomic E-state index is 13.1. The number of nitro groups is 1. The summed E-state index contributed by atoms with van der Waals surface area (Å²) in [7, 11) is 0. The van der Waals surface area contributed by atoms with Crippen molar-refractivity contribution in [3.8, 4) is 5.69 Å². The molecule has 0 aliphatic rings. The van der Waals surface area contributed by atoms with Gasteiger partial charge < -0.3 is 5.32 Å². The van der Waals surface area contributed by atoms with Crippen LogP contribution in [0.4, 0.5) is 10.1 Å². The van der Waals surface area contributed by atoms with Crippen molar-refractivity contribution in [2.75, 3.05) is 0 Å². The number of carbonyl (C=O) groups excluding carboxylic acids is 1. The summed E-state index contributed by atoms with van der Waals surface area (Å²) in [5.41, 5.74) is 2.61. The minimum atomic E-state index is -0.493. The highest BCUT2D eigenvalue weighted by molar-refractivity contribution is 5.92. The van der Waals surface area contributed by atoms with Gasteiger partial charge in [-0.25, -0.2) is 9.07 Å². The number of hydrogen-bond acceptors (Lipinski definition) is 4. The quantitative estimate of drug-likeness (QED) is 0.387. The summed E-state index contributed by atoms with van der Waals surface area (Å²) in [4.78, 5) is 22.8. The second kappa shape index (κ2) is 8.47. The zero-order valence-corrected chi connectivity index (χ0v) is 15.9. The fourth-order valence-corrected chi connectivity index (χ4v) is 2.99. The monoisotopic (exact) mass is 394 g/mol.